The number of pyridine rings is 1. The topological polar surface area (TPSA) is 68.7 Å². The van der Waals surface area contributed by atoms with Gasteiger partial charge in [-0.05, 0) is 24.3 Å². The fraction of sp³-hybridized carbons (Fsp3) is 0.278. The lowest BCUT2D eigenvalue weighted by molar-refractivity contribution is -0.142. The lowest BCUT2D eigenvalue weighted by Crippen LogP contribution is -2.36. The van der Waals surface area contributed by atoms with E-state index in [4.69, 9.17) is 16.3 Å². The zero-order chi connectivity index (χ0) is 18.1. The first kappa shape index (κ1) is 18.7. The zero-order valence-corrected chi connectivity index (χ0v) is 14.6. The Hall–Kier alpha value is -2.60. The molecule has 2 aromatic rings. The summed E-state index contributed by atoms with van der Waals surface area (Å²) in [5, 5.41) is 0.432. The molecule has 0 bridgehead atoms. The minimum Gasteiger partial charge on any atom is -0.482 e. The summed E-state index contributed by atoms with van der Waals surface area (Å²) in [6, 6.07) is 12.4. The lowest BCUT2D eigenvalue weighted by atomic mass is 10.3. The summed E-state index contributed by atoms with van der Waals surface area (Å²) in [6.45, 7) is 0.314. The van der Waals surface area contributed by atoms with E-state index < -0.39 is 0 Å². The van der Waals surface area contributed by atoms with Gasteiger partial charge in [-0.3, -0.25) is 14.6 Å². The van der Waals surface area contributed by atoms with Crippen molar-refractivity contribution in [2.75, 3.05) is 20.3 Å². The van der Waals surface area contributed by atoms with Crippen molar-refractivity contribution in [2.45, 2.75) is 13.0 Å². The van der Waals surface area contributed by atoms with Gasteiger partial charge in [-0.1, -0.05) is 29.8 Å². The highest BCUT2D eigenvalue weighted by Crippen LogP contribution is 2.23. The van der Waals surface area contributed by atoms with Gasteiger partial charge in [-0.25, -0.2) is 0 Å². The second-order valence-electron chi connectivity index (χ2n) is 5.18. The predicted octanol–water partition coefficient (Wildman–Crippen LogP) is 2.71. The van der Waals surface area contributed by atoms with Gasteiger partial charge in [0.25, 0.3) is 5.91 Å². The average molecular weight is 363 g/mol. The van der Waals surface area contributed by atoms with E-state index in [1.807, 2.05) is 12.1 Å². The Labute approximate surface area is 151 Å². The summed E-state index contributed by atoms with van der Waals surface area (Å²) in [7, 11) is 1.31. The van der Waals surface area contributed by atoms with Crippen LogP contribution in [0.1, 0.15) is 12.1 Å². The van der Waals surface area contributed by atoms with Gasteiger partial charge in [-0.15, -0.1) is 0 Å². The molecule has 0 atom stereocenters. The molecular formula is C18H19ClN2O4. The number of aromatic nitrogens is 1. The van der Waals surface area contributed by atoms with E-state index >= 15 is 0 Å². The molecular weight excluding hydrogens is 344 g/mol. The molecule has 1 aromatic heterocycles. The van der Waals surface area contributed by atoms with E-state index in [0.717, 1.165) is 5.69 Å². The molecule has 0 saturated heterocycles. The van der Waals surface area contributed by atoms with Gasteiger partial charge >= 0.3 is 5.97 Å². The molecule has 7 heteroatoms. The van der Waals surface area contributed by atoms with Crippen molar-refractivity contribution in [3.63, 3.8) is 0 Å². The van der Waals surface area contributed by atoms with E-state index in [9.17, 15) is 9.59 Å². The van der Waals surface area contributed by atoms with Crippen LogP contribution in [0.4, 0.5) is 0 Å². The highest BCUT2D eigenvalue weighted by Gasteiger charge is 2.17. The van der Waals surface area contributed by atoms with Crippen molar-refractivity contribution in [3.05, 3.63) is 59.4 Å². The second-order valence-corrected chi connectivity index (χ2v) is 5.59. The van der Waals surface area contributed by atoms with Gasteiger partial charge < -0.3 is 14.4 Å². The van der Waals surface area contributed by atoms with E-state index in [2.05, 4.69) is 9.72 Å². The molecule has 0 N–H and O–H groups in total. The third-order valence-electron chi connectivity index (χ3n) is 3.43. The Kier molecular flexibility index (Phi) is 7.22. The number of ether oxygens (including phenoxy) is 2. The van der Waals surface area contributed by atoms with Crippen LogP contribution in [0, 0.1) is 0 Å². The SMILES string of the molecule is COC(=O)CCN(Cc1ccccn1)C(=O)COc1ccccc1Cl. The number of hydrogen-bond donors (Lipinski definition) is 0. The summed E-state index contributed by atoms with van der Waals surface area (Å²) >= 11 is 6.02. The van der Waals surface area contributed by atoms with E-state index in [1.54, 1.807) is 36.5 Å². The summed E-state index contributed by atoms with van der Waals surface area (Å²) in [5.74, 6) is -0.219. The lowest BCUT2D eigenvalue weighted by Gasteiger charge is -2.22. The number of carbonyl (C=O) groups is 2. The van der Waals surface area contributed by atoms with Crippen LogP contribution in [-0.4, -0.2) is 42.0 Å². The Bertz CT molecular complexity index is 709. The first-order valence-electron chi connectivity index (χ1n) is 7.72. The Morgan fingerprint density at radius 3 is 2.60 bits per heavy atom. The van der Waals surface area contributed by atoms with Gasteiger partial charge in [0, 0.05) is 12.7 Å². The number of halogens is 1. The summed E-state index contributed by atoms with van der Waals surface area (Å²) < 4.78 is 10.1. The molecule has 6 nitrogen and oxygen atoms in total. The van der Waals surface area contributed by atoms with Crippen LogP contribution in [0.25, 0.3) is 0 Å². The monoisotopic (exact) mass is 362 g/mol. The van der Waals surface area contributed by atoms with Gasteiger partial charge in [0.1, 0.15) is 5.75 Å². The maximum absolute atomic E-state index is 12.5. The van der Waals surface area contributed by atoms with E-state index in [1.165, 1.54) is 12.0 Å². The molecule has 2 rings (SSSR count). The number of hydrogen-bond acceptors (Lipinski definition) is 5. The normalized spacial score (nSPS) is 10.2. The van der Waals surface area contributed by atoms with Crippen LogP contribution in [0.5, 0.6) is 5.75 Å². The Morgan fingerprint density at radius 2 is 1.92 bits per heavy atom. The van der Waals surface area contributed by atoms with Gasteiger partial charge in [0.05, 0.1) is 30.8 Å². The molecule has 0 radical (unpaired) electrons. The molecule has 0 fully saturated rings. The average Bonchev–Trinajstić information content (AvgIpc) is 2.64. The van der Waals surface area contributed by atoms with Crippen molar-refractivity contribution in [2.24, 2.45) is 0 Å². The van der Waals surface area contributed by atoms with Crippen LogP contribution >= 0.6 is 11.6 Å². The summed E-state index contributed by atoms with van der Waals surface area (Å²) in [5.41, 5.74) is 0.721. The highest BCUT2D eigenvalue weighted by atomic mass is 35.5. The largest absolute Gasteiger partial charge is 0.482 e. The van der Waals surface area contributed by atoms with Crippen LogP contribution in [0.2, 0.25) is 5.02 Å². The van der Waals surface area contributed by atoms with Gasteiger partial charge in [-0.2, -0.15) is 0 Å². The van der Waals surface area contributed by atoms with Crippen LogP contribution in [0.3, 0.4) is 0 Å². The number of para-hydroxylation sites is 1. The Balaban J connectivity index is 2.00. The van der Waals surface area contributed by atoms with Crippen molar-refractivity contribution in [1.82, 2.24) is 9.88 Å². The molecule has 132 valence electrons. The molecule has 0 spiro atoms. The number of methoxy groups -OCH3 is 1. The number of esters is 1. The predicted molar refractivity (Wildman–Crippen MR) is 93.2 cm³/mol. The van der Waals surface area contributed by atoms with E-state index in [0.29, 0.717) is 10.8 Å². The minimum atomic E-state index is -0.383. The number of nitrogens with zero attached hydrogens (tertiary/aromatic N) is 2. The molecule has 1 amide bonds. The molecule has 25 heavy (non-hydrogen) atoms. The van der Waals surface area contributed by atoms with Crippen LogP contribution in [0.15, 0.2) is 48.7 Å². The van der Waals surface area contributed by atoms with Gasteiger partial charge in [0.2, 0.25) is 0 Å². The first-order chi connectivity index (χ1) is 12.1. The van der Waals surface area contributed by atoms with Gasteiger partial charge in [0.15, 0.2) is 6.61 Å². The molecule has 0 unspecified atom stereocenters. The number of amides is 1. The fourth-order valence-corrected chi connectivity index (χ4v) is 2.29. The molecule has 0 aliphatic heterocycles. The maximum Gasteiger partial charge on any atom is 0.307 e. The fourth-order valence-electron chi connectivity index (χ4n) is 2.10. The van der Waals surface area contributed by atoms with Crippen LogP contribution < -0.4 is 4.74 Å². The van der Waals surface area contributed by atoms with Crippen molar-refractivity contribution >= 4 is 23.5 Å². The molecule has 1 heterocycles. The number of benzene rings is 1. The first-order valence-corrected chi connectivity index (χ1v) is 8.09. The molecule has 1 aromatic carbocycles. The molecule has 0 aliphatic carbocycles. The maximum atomic E-state index is 12.5. The van der Waals surface area contributed by atoms with Crippen molar-refractivity contribution < 1.29 is 19.1 Å². The second kappa shape index (κ2) is 9.64. The quantitative estimate of drug-likeness (QED) is 0.675. The summed E-state index contributed by atoms with van der Waals surface area (Å²) in [6.07, 6.45) is 1.75. The van der Waals surface area contributed by atoms with Crippen molar-refractivity contribution in [1.29, 1.82) is 0 Å². The zero-order valence-electron chi connectivity index (χ0n) is 13.9. The number of carbonyl (C=O) groups excluding carboxylic acids is 2. The highest BCUT2D eigenvalue weighted by molar-refractivity contribution is 6.32. The minimum absolute atomic E-state index is 0.0984. The Morgan fingerprint density at radius 1 is 1.16 bits per heavy atom. The summed E-state index contributed by atoms with van der Waals surface area (Å²) in [4.78, 5) is 29.6. The van der Waals surface area contributed by atoms with E-state index in [-0.39, 0.29) is 38.0 Å². The molecule has 0 aliphatic rings. The van der Waals surface area contributed by atoms with Crippen LogP contribution in [-0.2, 0) is 20.9 Å². The number of rotatable bonds is 8. The smallest absolute Gasteiger partial charge is 0.307 e. The third-order valence-corrected chi connectivity index (χ3v) is 3.75. The standard InChI is InChI=1S/C18H19ClN2O4/c1-24-18(23)9-11-21(12-14-6-4-5-10-20-14)17(22)13-25-16-8-3-2-7-15(16)19/h2-8,10H,9,11-13H2,1H3. The van der Waals surface area contributed by atoms with Crippen molar-refractivity contribution in [3.8, 4) is 5.75 Å². The third kappa shape index (κ3) is 6.08. The molecule has 0 saturated carbocycles.